The minimum Gasteiger partial charge on any atom is -0.367 e. The molecule has 1 aromatic carbocycles. The number of aliphatic imine (C=N–C) groups is 1. The van der Waals surface area contributed by atoms with Crippen LogP contribution in [0.1, 0.15) is 32.8 Å². The fraction of sp³-hybridized carbons (Fsp3) is 0.368. The van der Waals surface area contributed by atoms with E-state index in [9.17, 15) is 4.79 Å². The van der Waals surface area contributed by atoms with Gasteiger partial charge in [-0.3, -0.25) is 9.79 Å². The second-order valence-corrected chi connectivity index (χ2v) is 5.78. The number of rotatable bonds is 5. The Kier molecular flexibility index (Phi) is 5.88. The van der Waals surface area contributed by atoms with Crippen LogP contribution in [0.3, 0.4) is 0 Å². The van der Waals surface area contributed by atoms with Gasteiger partial charge in [-0.05, 0) is 37.5 Å². The van der Waals surface area contributed by atoms with Gasteiger partial charge in [-0.2, -0.15) is 0 Å². The number of carbonyl (C=O) groups excluding carboxylic acids is 1. The lowest BCUT2D eigenvalue weighted by molar-refractivity contribution is -0.118. The fourth-order valence-electron chi connectivity index (χ4n) is 2.59. The van der Waals surface area contributed by atoms with E-state index in [1.807, 2.05) is 51.1 Å². The summed E-state index contributed by atoms with van der Waals surface area (Å²) in [4.78, 5) is 16.3. The van der Waals surface area contributed by atoms with Gasteiger partial charge in [0, 0.05) is 6.42 Å². The molecule has 0 saturated carbocycles. The highest BCUT2D eigenvalue weighted by Crippen LogP contribution is 2.24. The van der Waals surface area contributed by atoms with Crippen LogP contribution >= 0.6 is 0 Å². The molecular weight excluding hydrogens is 288 g/mol. The molecule has 23 heavy (non-hydrogen) atoms. The van der Waals surface area contributed by atoms with Crippen LogP contribution in [0.2, 0.25) is 0 Å². The van der Waals surface area contributed by atoms with Crippen LogP contribution in [0.25, 0.3) is 0 Å². The Morgan fingerprint density at radius 2 is 2.04 bits per heavy atom. The number of hydrogen-bond acceptors (Lipinski definition) is 3. The molecule has 0 fully saturated rings. The molecule has 2 atom stereocenters. The van der Waals surface area contributed by atoms with E-state index < -0.39 is 0 Å². The molecule has 1 N–H and O–H groups in total. The molecule has 2 unspecified atom stereocenters. The number of carbonyl (C=O) groups is 1. The van der Waals surface area contributed by atoms with Gasteiger partial charge < -0.3 is 10.1 Å². The molecule has 1 aliphatic heterocycles. The third kappa shape index (κ3) is 4.39. The van der Waals surface area contributed by atoms with Gasteiger partial charge in [-0.15, -0.1) is 6.58 Å². The number of nitrogens with zero attached hydrogens (tertiary/aromatic N) is 1. The molecule has 0 radical (unpaired) electrons. The van der Waals surface area contributed by atoms with Crippen molar-refractivity contribution in [2.24, 2.45) is 4.99 Å². The van der Waals surface area contributed by atoms with Gasteiger partial charge in [-0.1, -0.05) is 36.4 Å². The van der Waals surface area contributed by atoms with Gasteiger partial charge in [0.25, 0.3) is 0 Å². The van der Waals surface area contributed by atoms with Gasteiger partial charge in [0.15, 0.2) is 0 Å². The van der Waals surface area contributed by atoms with Gasteiger partial charge in [0.2, 0.25) is 5.91 Å². The zero-order valence-corrected chi connectivity index (χ0v) is 14.0. The third-order valence-corrected chi connectivity index (χ3v) is 4.00. The van der Waals surface area contributed by atoms with Gasteiger partial charge >= 0.3 is 0 Å². The van der Waals surface area contributed by atoms with Crippen molar-refractivity contribution in [3.05, 3.63) is 59.7 Å². The molecule has 1 heterocycles. The second-order valence-electron chi connectivity index (χ2n) is 5.78. The third-order valence-electron chi connectivity index (χ3n) is 4.00. The summed E-state index contributed by atoms with van der Waals surface area (Å²) in [6.45, 7) is 10.1. The summed E-state index contributed by atoms with van der Waals surface area (Å²) < 4.78 is 6.07. The molecule has 2 rings (SSSR count). The summed E-state index contributed by atoms with van der Waals surface area (Å²) in [5.74, 6) is 0.545. The Bertz CT molecular complexity index is 632. The number of hydrogen-bond donors (Lipinski definition) is 1. The predicted molar refractivity (Wildman–Crippen MR) is 93.2 cm³/mol. The van der Waals surface area contributed by atoms with Gasteiger partial charge in [0.1, 0.15) is 11.9 Å². The summed E-state index contributed by atoms with van der Waals surface area (Å²) in [6.07, 6.45) is 1.79. The number of amides is 1. The van der Waals surface area contributed by atoms with E-state index in [1.165, 1.54) is 0 Å². The van der Waals surface area contributed by atoms with Crippen LogP contribution < -0.4 is 5.32 Å². The Hall–Kier alpha value is -2.20. The lowest BCUT2D eigenvalue weighted by Crippen LogP contribution is -2.39. The van der Waals surface area contributed by atoms with E-state index in [0.717, 1.165) is 16.7 Å². The zero-order valence-electron chi connectivity index (χ0n) is 14.0. The Morgan fingerprint density at radius 1 is 1.35 bits per heavy atom. The monoisotopic (exact) mass is 312 g/mol. The summed E-state index contributed by atoms with van der Waals surface area (Å²) in [6, 6.07) is 10.0. The first-order valence-corrected chi connectivity index (χ1v) is 7.84. The van der Waals surface area contributed by atoms with Gasteiger partial charge in [0.05, 0.1) is 12.6 Å². The second kappa shape index (κ2) is 7.88. The van der Waals surface area contributed by atoms with Crippen molar-refractivity contribution < 1.29 is 9.53 Å². The number of dihydropyridines is 1. The smallest absolute Gasteiger partial charge is 0.229 e. The molecule has 4 nitrogen and oxygen atoms in total. The molecule has 1 aromatic rings. The minimum atomic E-state index is -0.0956. The topological polar surface area (TPSA) is 50.7 Å². The zero-order chi connectivity index (χ0) is 16.8. The molecule has 1 aliphatic rings. The molecule has 4 heteroatoms. The van der Waals surface area contributed by atoms with Crippen LogP contribution in [0.15, 0.2) is 59.1 Å². The summed E-state index contributed by atoms with van der Waals surface area (Å²) >= 11 is 0. The highest BCUT2D eigenvalue weighted by atomic mass is 16.5. The maximum atomic E-state index is 11.7. The number of ether oxygens (including phenoxy) is 1. The van der Waals surface area contributed by atoms with Crippen molar-refractivity contribution in [3.8, 4) is 0 Å². The van der Waals surface area contributed by atoms with E-state index in [-0.39, 0.29) is 24.5 Å². The maximum Gasteiger partial charge on any atom is 0.229 e. The van der Waals surface area contributed by atoms with Crippen LogP contribution in [-0.4, -0.2) is 23.9 Å². The molecule has 122 valence electrons. The fourth-order valence-corrected chi connectivity index (χ4v) is 2.59. The molecule has 0 spiro atoms. The predicted octanol–water partition coefficient (Wildman–Crippen LogP) is 3.40. The number of benzene rings is 1. The molecule has 0 saturated heterocycles. The summed E-state index contributed by atoms with van der Waals surface area (Å²) in [5.41, 5.74) is 3.22. The average Bonchev–Trinajstić information content (AvgIpc) is 2.53. The van der Waals surface area contributed by atoms with Gasteiger partial charge in [-0.25, -0.2) is 0 Å². The van der Waals surface area contributed by atoms with Crippen molar-refractivity contribution >= 4 is 11.7 Å². The van der Waals surface area contributed by atoms with Crippen molar-refractivity contribution in [2.45, 2.75) is 45.9 Å². The molecule has 1 amide bonds. The summed E-state index contributed by atoms with van der Waals surface area (Å²) in [5, 5.41) is 2.85. The quantitative estimate of drug-likeness (QED) is 0.847. The Labute approximate surface area is 138 Å². The first-order chi connectivity index (χ1) is 11.0. The molecule has 0 aliphatic carbocycles. The number of amidine groups is 1. The van der Waals surface area contributed by atoms with Crippen LogP contribution in [0.5, 0.6) is 0 Å². The largest absolute Gasteiger partial charge is 0.367 e. The normalized spacial score (nSPS) is 20.9. The molecular formula is C19H24N2O2. The minimum absolute atomic E-state index is 0.0403. The van der Waals surface area contributed by atoms with Crippen LogP contribution in [0, 0.1) is 0 Å². The Balaban J connectivity index is 2.06. The lowest BCUT2D eigenvalue weighted by Gasteiger charge is -2.30. The first kappa shape index (κ1) is 17.2. The maximum absolute atomic E-state index is 11.7. The molecule has 0 aromatic heterocycles. The average molecular weight is 312 g/mol. The van der Waals surface area contributed by atoms with Crippen molar-refractivity contribution in [3.63, 3.8) is 0 Å². The van der Waals surface area contributed by atoms with Crippen molar-refractivity contribution in [1.82, 2.24) is 5.32 Å². The highest BCUT2D eigenvalue weighted by Gasteiger charge is 2.27. The summed E-state index contributed by atoms with van der Waals surface area (Å²) in [7, 11) is 0. The van der Waals surface area contributed by atoms with E-state index in [2.05, 4.69) is 16.9 Å². The van der Waals surface area contributed by atoms with Crippen LogP contribution in [-0.2, 0) is 16.1 Å². The molecule has 0 bridgehead atoms. The standard InChI is InChI=1S/C19H24N2O2/c1-5-9-17(22)21-19-14(3)13(2)18(15(4)20-19)23-12-16-10-7-6-8-11-16/h5-8,10-11,15,18H,1,9,12H2,2-4H3,(H,20,21,22). The Morgan fingerprint density at radius 3 is 2.70 bits per heavy atom. The first-order valence-electron chi connectivity index (χ1n) is 7.84. The highest BCUT2D eigenvalue weighted by molar-refractivity contribution is 6.08. The lowest BCUT2D eigenvalue weighted by atomic mass is 9.96. The number of nitrogens with one attached hydrogen (secondary N) is 1. The van der Waals surface area contributed by atoms with E-state index in [1.54, 1.807) is 6.08 Å². The van der Waals surface area contributed by atoms with E-state index >= 15 is 0 Å². The van der Waals surface area contributed by atoms with Crippen molar-refractivity contribution in [2.75, 3.05) is 0 Å². The van der Waals surface area contributed by atoms with Crippen molar-refractivity contribution in [1.29, 1.82) is 0 Å². The van der Waals surface area contributed by atoms with E-state index in [0.29, 0.717) is 12.4 Å². The SMILES string of the molecule is C=CCC(=O)NC1=NC(C)C(OCc2ccccc2)C(C)=C1C. The van der Waals surface area contributed by atoms with E-state index in [4.69, 9.17) is 4.74 Å². The van der Waals surface area contributed by atoms with Crippen LogP contribution in [0.4, 0.5) is 0 Å².